The summed E-state index contributed by atoms with van der Waals surface area (Å²) in [6.07, 6.45) is 1.55. The summed E-state index contributed by atoms with van der Waals surface area (Å²) in [5, 5.41) is 8.58. The highest BCUT2D eigenvalue weighted by molar-refractivity contribution is 7.92. The number of hydrogen-bond donors (Lipinski definition) is 1. The first kappa shape index (κ1) is 13.5. The van der Waals surface area contributed by atoms with Crippen LogP contribution in [0.15, 0.2) is 24.3 Å². The van der Waals surface area contributed by atoms with Crippen LogP contribution >= 0.6 is 0 Å². The summed E-state index contributed by atoms with van der Waals surface area (Å²) in [5.41, 5.74) is 1.34. The van der Waals surface area contributed by atoms with Crippen LogP contribution in [0.25, 0.3) is 0 Å². The number of anilines is 1. The van der Waals surface area contributed by atoms with Crippen LogP contribution in [0.4, 0.5) is 5.69 Å². The van der Waals surface area contributed by atoms with Crippen molar-refractivity contribution >= 4 is 21.7 Å². The molecule has 0 bridgehead atoms. The molecule has 5 nitrogen and oxygen atoms in total. The van der Waals surface area contributed by atoms with Gasteiger partial charge in [0.2, 0.25) is 10.0 Å². The lowest BCUT2D eigenvalue weighted by Gasteiger charge is -2.17. The first-order valence-electron chi connectivity index (χ1n) is 5.05. The highest BCUT2D eigenvalue weighted by Gasteiger charge is 2.12. The average molecular weight is 257 g/mol. The van der Waals surface area contributed by atoms with Gasteiger partial charge in [-0.05, 0) is 24.1 Å². The highest BCUT2D eigenvalue weighted by Crippen LogP contribution is 2.18. The van der Waals surface area contributed by atoms with Gasteiger partial charge in [-0.1, -0.05) is 12.1 Å². The van der Waals surface area contributed by atoms with Crippen LogP contribution in [0, 0.1) is 0 Å². The van der Waals surface area contributed by atoms with E-state index >= 15 is 0 Å². The molecule has 0 fully saturated rings. The maximum Gasteiger partial charge on any atom is 0.303 e. The molecule has 0 atom stereocenters. The van der Waals surface area contributed by atoms with Crippen LogP contribution in [0.2, 0.25) is 0 Å². The second kappa shape index (κ2) is 5.18. The summed E-state index contributed by atoms with van der Waals surface area (Å²) >= 11 is 0. The number of sulfonamides is 1. The Bertz CT molecular complexity index is 510. The van der Waals surface area contributed by atoms with Gasteiger partial charge in [-0.15, -0.1) is 0 Å². The lowest BCUT2D eigenvalue weighted by Crippen LogP contribution is -2.24. The molecule has 1 rings (SSSR count). The fourth-order valence-electron chi connectivity index (χ4n) is 1.35. The second-order valence-corrected chi connectivity index (χ2v) is 5.81. The molecule has 1 aromatic carbocycles. The van der Waals surface area contributed by atoms with Crippen molar-refractivity contribution in [3.8, 4) is 0 Å². The third kappa shape index (κ3) is 4.07. The van der Waals surface area contributed by atoms with E-state index in [1.165, 1.54) is 7.05 Å². The number of rotatable bonds is 5. The normalized spacial score (nSPS) is 11.2. The molecule has 0 saturated carbocycles. The number of aliphatic carboxylic acids is 1. The van der Waals surface area contributed by atoms with Crippen molar-refractivity contribution in [1.29, 1.82) is 0 Å². The van der Waals surface area contributed by atoms with Gasteiger partial charge in [0.15, 0.2) is 0 Å². The Morgan fingerprint density at radius 1 is 1.41 bits per heavy atom. The zero-order valence-corrected chi connectivity index (χ0v) is 10.6. The van der Waals surface area contributed by atoms with E-state index < -0.39 is 16.0 Å². The third-order valence-corrected chi connectivity index (χ3v) is 3.60. The van der Waals surface area contributed by atoms with E-state index in [0.29, 0.717) is 12.1 Å². The second-order valence-electron chi connectivity index (χ2n) is 3.79. The SMILES string of the molecule is CN(c1cccc(CCC(=O)O)c1)S(C)(=O)=O. The van der Waals surface area contributed by atoms with Gasteiger partial charge in [0.05, 0.1) is 11.9 Å². The number of nitrogens with zero attached hydrogens (tertiary/aromatic N) is 1. The smallest absolute Gasteiger partial charge is 0.303 e. The summed E-state index contributed by atoms with van der Waals surface area (Å²) in [5.74, 6) is -0.869. The van der Waals surface area contributed by atoms with Crippen LogP contribution in [0.5, 0.6) is 0 Å². The van der Waals surface area contributed by atoms with Crippen LogP contribution < -0.4 is 4.31 Å². The Hall–Kier alpha value is -1.56. The van der Waals surface area contributed by atoms with E-state index in [4.69, 9.17) is 5.11 Å². The van der Waals surface area contributed by atoms with Crippen molar-refractivity contribution in [2.45, 2.75) is 12.8 Å². The minimum atomic E-state index is -3.29. The molecule has 0 amide bonds. The Balaban J connectivity index is 2.90. The summed E-state index contributed by atoms with van der Waals surface area (Å²) < 4.78 is 23.8. The van der Waals surface area contributed by atoms with Gasteiger partial charge >= 0.3 is 5.97 Å². The standard InChI is InChI=1S/C11H15NO4S/c1-12(17(2,15)16)10-5-3-4-9(8-10)6-7-11(13)14/h3-5,8H,6-7H2,1-2H3,(H,13,14). The van der Waals surface area contributed by atoms with Gasteiger partial charge in [-0.3, -0.25) is 9.10 Å². The molecule has 0 spiro atoms. The predicted molar refractivity (Wildman–Crippen MR) is 65.6 cm³/mol. The monoisotopic (exact) mass is 257 g/mol. The number of benzene rings is 1. The summed E-state index contributed by atoms with van der Waals surface area (Å²) in [6, 6.07) is 6.85. The largest absolute Gasteiger partial charge is 0.481 e. The van der Waals surface area contributed by atoms with Gasteiger partial charge in [0, 0.05) is 13.5 Å². The number of hydrogen-bond acceptors (Lipinski definition) is 3. The van der Waals surface area contributed by atoms with Crippen molar-refractivity contribution in [2.24, 2.45) is 0 Å². The van der Waals surface area contributed by atoms with Gasteiger partial charge < -0.3 is 5.11 Å². The topological polar surface area (TPSA) is 74.7 Å². The van der Waals surface area contributed by atoms with Gasteiger partial charge in [-0.25, -0.2) is 8.42 Å². The molecule has 6 heteroatoms. The molecule has 17 heavy (non-hydrogen) atoms. The van der Waals surface area contributed by atoms with Crippen LogP contribution in [-0.2, 0) is 21.2 Å². The van der Waals surface area contributed by atoms with E-state index in [1.807, 2.05) is 0 Å². The van der Waals surface area contributed by atoms with Crippen molar-refractivity contribution in [3.05, 3.63) is 29.8 Å². The van der Waals surface area contributed by atoms with E-state index in [2.05, 4.69) is 0 Å². The number of carbonyl (C=O) groups is 1. The number of aryl methyl sites for hydroxylation is 1. The van der Waals surface area contributed by atoms with Crippen LogP contribution in [0.1, 0.15) is 12.0 Å². The van der Waals surface area contributed by atoms with E-state index in [9.17, 15) is 13.2 Å². The maximum atomic E-state index is 11.3. The maximum absolute atomic E-state index is 11.3. The van der Waals surface area contributed by atoms with E-state index in [0.717, 1.165) is 16.1 Å². The van der Waals surface area contributed by atoms with Gasteiger partial charge in [0.1, 0.15) is 0 Å². The first-order chi connectivity index (χ1) is 7.80. The van der Waals surface area contributed by atoms with Crippen molar-refractivity contribution < 1.29 is 18.3 Å². The minimum absolute atomic E-state index is 0.0338. The Morgan fingerprint density at radius 2 is 2.06 bits per heavy atom. The molecule has 0 aromatic heterocycles. The molecular weight excluding hydrogens is 242 g/mol. The fraction of sp³-hybridized carbons (Fsp3) is 0.364. The molecular formula is C11H15NO4S. The molecule has 0 aliphatic carbocycles. The van der Waals surface area contributed by atoms with E-state index in [-0.39, 0.29) is 6.42 Å². The van der Waals surface area contributed by atoms with Crippen molar-refractivity contribution in [2.75, 3.05) is 17.6 Å². The minimum Gasteiger partial charge on any atom is -0.481 e. The van der Waals surface area contributed by atoms with Gasteiger partial charge in [0.25, 0.3) is 0 Å². The zero-order valence-electron chi connectivity index (χ0n) is 9.75. The van der Waals surface area contributed by atoms with Crippen molar-refractivity contribution in [1.82, 2.24) is 0 Å². The van der Waals surface area contributed by atoms with Crippen LogP contribution in [-0.4, -0.2) is 32.8 Å². The van der Waals surface area contributed by atoms with Crippen LogP contribution in [0.3, 0.4) is 0 Å². The average Bonchev–Trinajstić information content (AvgIpc) is 2.24. The Kier molecular flexibility index (Phi) is 4.11. The molecule has 0 heterocycles. The quantitative estimate of drug-likeness (QED) is 0.857. The Labute approximate surface area is 101 Å². The fourth-order valence-corrected chi connectivity index (χ4v) is 1.85. The summed E-state index contributed by atoms with van der Waals surface area (Å²) in [6.45, 7) is 0. The highest BCUT2D eigenvalue weighted by atomic mass is 32.2. The Morgan fingerprint density at radius 3 is 2.59 bits per heavy atom. The first-order valence-corrected chi connectivity index (χ1v) is 6.90. The molecule has 94 valence electrons. The van der Waals surface area contributed by atoms with E-state index in [1.54, 1.807) is 24.3 Å². The molecule has 0 aliphatic rings. The third-order valence-electron chi connectivity index (χ3n) is 2.40. The summed E-state index contributed by atoms with van der Waals surface area (Å²) in [7, 11) is -1.82. The molecule has 1 N–H and O–H groups in total. The van der Waals surface area contributed by atoms with Crippen molar-refractivity contribution in [3.63, 3.8) is 0 Å². The lowest BCUT2D eigenvalue weighted by atomic mass is 10.1. The van der Waals surface area contributed by atoms with Gasteiger partial charge in [-0.2, -0.15) is 0 Å². The molecule has 0 aliphatic heterocycles. The number of carboxylic acid groups (broad SMARTS) is 1. The molecule has 0 unspecified atom stereocenters. The molecule has 0 saturated heterocycles. The lowest BCUT2D eigenvalue weighted by molar-refractivity contribution is -0.136. The predicted octanol–water partition coefficient (Wildman–Crippen LogP) is 1.10. The molecule has 0 radical (unpaired) electrons. The summed E-state index contributed by atoms with van der Waals surface area (Å²) in [4.78, 5) is 10.4. The zero-order chi connectivity index (χ0) is 13.1. The number of carboxylic acids is 1. The molecule has 1 aromatic rings.